The zero-order valence-corrected chi connectivity index (χ0v) is 7.52. The van der Waals surface area contributed by atoms with E-state index in [1.54, 1.807) is 7.11 Å². The summed E-state index contributed by atoms with van der Waals surface area (Å²) in [5, 5.41) is 0. The fraction of sp³-hybridized carbons (Fsp3) is 1.00. The highest BCUT2D eigenvalue weighted by Crippen LogP contribution is 2.22. The van der Waals surface area contributed by atoms with Crippen LogP contribution in [0.5, 0.6) is 0 Å². The largest absolute Gasteiger partial charge is 0.381 e. The van der Waals surface area contributed by atoms with E-state index in [0.717, 1.165) is 12.8 Å². The zero-order chi connectivity index (χ0) is 8.48. The summed E-state index contributed by atoms with van der Waals surface area (Å²) in [5.41, 5.74) is 0. The van der Waals surface area contributed by atoms with Gasteiger partial charge in [0, 0.05) is 13.2 Å². The Labute approximate surface area is 67.0 Å². The molecular weight excluding hydrogens is 166 g/mol. The molecule has 0 spiro atoms. The number of hydrogen-bond donors (Lipinski definition) is 1. The van der Waals surface area contributed by atoms with E-state index in [2.05, 4.69) is 4.72 Å². The van der Waals surface area contributed by atoms with E-state index in [-0.39, 0.29) is 12.1 Å². The van der Waals surface area contributed by atoms with Crippen LogP contribution in [-0.2, 0) is 14.8 Å². The SMILES string of the molecule is COC1CC(NS(C)(=O)=O)C1. The normalized spacial score (nSPS) is 31.5. The van der Waals surface area contributed by atoms with Crippen molar-refractivity contribution in [3.63, 3.8) is 0 Å². The Kier molecular flexibility index (Phi) is 2.51. The van der Waals surface area contributed by atoms with Crippen molar-refractivity contribution < 1.29 is 13.2 Å². The number of sulfonamides is 1. The Morgan fingerprint density at radius 2 is 2.00 bits per heavy atom. The van der Waals surface area contributed by atoms with E-state index >= 15 is 0 Å². The summed E-state index contributed by atoms with van der Waals surface area (Å²) in [4.78, 5) is 0. The average Bonchev–Trinajstić information content (AvgIpc) is 1.75. The Morgan fingerprint density at radius 1 is 1.45 bits per heavy atom. The highest BCUT2D eigenvalue weighted by Gasteiger charge is 2.30. The fourth-order valence-corrected chi connectivity index (χ4v) is 1.96. The van der Waals surface area contributed by atoms with Crippen molar-refractivity contribution in [3.8, 4) is 0 Å². The Hall–Kier alpha value is -0.130. The van der Waals surface area contributed by atoms with Gasteiger partial charge in [-0.1, -0.05) is 0 Å². The van der Waals surface area contributed by atoms with Gasteiger partial charge in [-0.25, -0.2) is 13.1 Å². The van der Waals surface area contributed by atoms with Gasteiger partial charge in [0.05, 0.1) is 12.4 Å². The van der Waals surface area contributed by atoms with Crippen molar-refractivity contribution in [1.82, 2.24) is 4.72 Å². The van der Waals surface area contributed by atoms with Gasteiger partial charge in [-0.3, -0.25) is 0 Å². The first-order valence-electron chi connectivity index (χ1n) is 3.51. The van der Waals surface area contributed by atoms with Crippen LogP contribution in [0.25, 0.3) is 0 Å². The third-order valence-electron chi connectivity index (χ3n) is 1.81. The van der Waals surface area contributed by atoms with Crippen LogP contribution in [0, 0.1) is 0 Å². The molecule has 1 fully saturated rings. The first kappa shape index (κ1) is 8.96. The van der Waals surface area contributed by atoms with Crippen LogP contribution in [0.4, 0.5) is 0 Å². The van der Waals surface area contributed by atoms with Crippen molar-refractivity contribution in [2.75, 3.05) is 13.4 Å². The summed E-state index contributed by atoms with van der Waals surface area (Å²) in [6.45, 7) is 0. The van der Waals surface area contributed by atoms with Crippen LogP contribution in [0.3, 0.4) is 0 Å². The van der Waals surface area contributed by atoms with Gasteiger partial charge in [-0.2, -0.15) is 0 Å². The quantitative estimate of drug-likeness (QED) is 0.648. The topological polar surface area (TPSA) is 55.4 Å². The minimum Gasteiger partial charge on any atom is -0.381 e. The molecule has 1 saturated carbocycles. The minimum atomic E-state index is -3.02. The first-order valence-corrected chi connectivity index (χ1v) is 5.40. The summed E-state index contributed by atoms with van der Waals surface area (Å²) < 4.78 is 28.9. The lowest BCUT2D eigenvalue weighted by atomic mass is 9.90. The van der Waals surface area contributed by atoms with Gasteiger partial charge >= 0.3 is 0 Å². The first-order chi connectivity index (χ1) is 5.01. The molecule has 0 aromatic rings. The summed E-state index contributed by atoms with van der Waals surface area (Å²) in [6, 6.07) is 0.0925. The van der Waals surface area contributed by atoms with Gasteiger partial charge < -0.3 is 4.74 Å². The molecule has 0 aromatic heterocycles. The second-order valence-electron chi connectivity index (χ2n) is 2.92. The molecule has 0 aromatic carbocycles. The van der Waals surface area contributed by atoms with Crippen molar-refractivity contribution in [3.05, 3.63) is 0 Å². The molecule has 0 saturated heterocycles. The van der Waals surface area contributed by atoms with E-state index in [4.69, 9.17) is 4.74 Å². The van der Waals surface area contributed by atoms with Crippen LogP contribution < -0.4 is 4.72 Å². The van der Waals surface area contributed by atoms with Crippen molar-refractivity contribution in [2.45, 2.75) is 25.0 Å². The van der Waals surface area contributed by atoms with E-state index in [1.807, 2.05) is 0 Å². The second-order valence-corrected chi connectivity index (χ2v) is 4.70. The molecule has 0 bridgehead atoms. The van der Waals surface area contributed by atoms with E-state index < -0.39 is 10.0 Å². The monoisotopic (exact) mass is 179 g/mol. The molecule has 11 heavy (non-hydrogen) atoms. The van der Waals surface area contributed by atoms with Gasteiger partial charge in [0.2, 0.25) is 10.0 Å². The molecule has 66 valence electrons. The molecule has 1 aliphatic rings. The van der Waals surface area contributed by atoms with Gasteiger partial charge in [-0.15, -0.1) is 0 Å². The van der Waals surface area contributed by atoms with E-state index in [0.29, 0.717) is 0 Å². The molecule has 1 aliphatic carbocycles. The van der Waals surface area contributed by atoms with E-state index in [1.165, 1.54) is 6.26 Å². The predicted octanol–water partition coefficient (Wildman–Crippen LogP) is -0.287. The molecule has 0 unspecified atom stereocenters. The molecule has 5 heteroatoms. The van der Waals surface area contributed by atoms with Gasteiger partial charge in [0.15, 0.2) is 0 Å². The maximum Gasteiger partial charge on any atom is 0.208 e. The summed E-state index contributed by atoms with van der Waals surface area (Å²) in [7, 11) is -1.38. The standard InChI is InChI=1S/C6H13NO3S/c1-10-6-3-5(4-6)7-11(2,8)9/h5-7H,3-4H2,1-2H3. The highest BCUT2D eigenvalue weighted by atomic mass is 32.2. The van der Waals surface area contributed by atoms with Crippen LogP contribution in [0.2, 0.25) is 0 Å². The number of nitrogens with one attached hydrogen (secondary N) is 1. The van der Waals surface area contributed by atoms with Crippen LogP contribution in [0.1, 0.15) is 12.8 Å². The fourth-order valence-electron chi connectivity index (χ4n) is 1.16. The molecule has 0 atom stereocenters. The van der Waals surface area contributed by atoms with E-state index in [9.17, 15) is 8.42 Å². The minimum absolute atomic E-state index is 0.0925. The molecule has 1 rings (SSSR count). The molecule has 0 aliphatic heterocycles. The van der Waals surface area contributed by atoms with Crippen molar-refractivity contribution in [1.29, 1.82) is 0 Å². The average molecular weight is 179 g/mol. The summed E-state index contributed by atoms with van der Waals surface area (Å²) in [6.07, 6.45) is 3.01. The molecule has 0 radical (unpaired) electrons. The molecule has 4 nitrogen and oxygen atoms in total. The maximum atomic E-state index is 10.7. The second kappa shape index (κ2) is 3.08. The summed E-state index contributed by atoms with van der Waals surface area (Å²) >= 11 is 0. The summed E-state index contributed by atoms with van der Waals surface area (Å²) in [5.74, 6) is 0. The van der Waals surface area contributed by atoms with Gasteiger partial charge in [0.25, 0.3) is 0 Å². The Morgan fingerprint density at radius 3 is 2.36 bits per heavy atom. The van der Waals surface area contributed by atoms with Crippen LogP contribution in [0.15, 0.2) is 0 Å². The van der Waals surface area contributed by atoms with Crippen molar-refractivity contribution >= 4 is 10.0 Å². The number of hydrogen-bond acceptors (Lipinski definition) is 3. The van der Waals surface area contributed by atoms with Gasteiger partial charge in [0.1, 0.15) is 0 Å². The Bertz CT molecular complexity index is 218. The smallest absolute Gasteiger partial charge is 0.208 e. The number of ether oxygens (including phenoxy) is 1. The van der Waals surface area contributed by atoms with Crippen molar-refractivity contribution in [2.24, 2.45) is 0 Å². The number of rotatable bonds is 3. The molecule has 0 amide bonds. The maximum absolute atomic E-state index is 10.7. The zero-order valence-electron chi connectivity index (χ0n) is 6.70. The Balaban J connectivity index is 2.24. The molecular formula is C6H13NO3S. The molecule has 1 N–H and O–H groups in total. The molecule has 0 heterocycles. The van der Waals surface area contributed by atoms with Crippen LogP contribution >= 0.6 is 0 Å². The van der Waals surface area contributed by atoms with Gasteiger partial charge in [-0.05, 0) is 12.8 Å². The predicted molar refractivity (Wildman–Crippen MR) is 41.8 cm³/mol. The highest BCUT2D eigenvalue weighted by molar-refractivity contribution is 7.88. The number of methoxy groups -OCH3 is 1. The van der Waals surface area contributed by atoms with Crippen LogP contribution in [-0.4, -0.2) is 33.9 Å². The third-order valence-corrected chi connectivity index (χ3v) is 2.57. The third kappa shape index (κ3) is 2.76. The lowest BCUT2D eigenvalue weighted by Gasteiger charge is -2.33. The lowest BCUT2D eigenvalue weighted by Crippen LogP contribution is -2.46. The lowest BCUT2D eigenvalue weighted by molar-refractivity contribution is 0.0236.